The van der Waals surface area contributed by atoms with Gasteiger partial charge in [-0.2, -0.15) is 0 Å². The van der Waals surface area contributed by atoms with Crippen LogP contribution >= 0.6 is 11.3 Å². The molecule has 11 rings (SSSR count). The number of thiazole rings is 1. The first-order chi connectivity index (χ1) is 27.3. The van der Waals surface area contributed by atoms with E-state index in [4.69, 9.17) is 19.9 Å². The molecule has 0 saturated heterocycles. The van der Waals surface area contributed by atoms with Crippen LogP contribution in [-0.2, 0) is 0 Å². The summed E-state index contributed by atoms with van der Waals surface area (Å²) in [5.41, 5.74) is 11.4. The number of imidazole rings is 1. The third-order valence-corrected chi connectivity index (χ3v) is 11.2. The first-order valence-electron chi connectivity index (χ1n) is 18.2. The molecule has 0 aliphatic heterocycles. The Balaban J connectivity index is 1.21. The van der Waals surface area contributed by atoms with Crippen LogP contribution in [0.3, 0.4) is 0 Å². The van der Waals surface area contributed by atoms with Crippen molar-refractivity contribution >= 4 is 48.3 Å². The number of rotatable bonds is 6. The summed E-state index contributed by atoms with van der Waals surface area (Å²) < 4.78 is 5.78. The normalized spacial score (nSPS) is 11.6. The summed E-state index contributed by atoms with van der Waals surface area (Å²) in [6.07, 6.45) is 0. The Labute approximate surface area is 320 Å². The zero-order valence-corrected chi connectivity index (χ0v) is 30.2. The molecule has 0 aliphatic rings. The molecule has 0 radical (unpaired) electrons. The molecule has 0 N–H and O–H groups in total. The maximum absolute atomic E-state index is 5.38. The third kappa shape index (κ3) is 5.16. The molecule has 0 spiro atoms. The molecule has 0 atom stereocenters. The van der Waals surface area contributed by atoms with E-state index in [1.807, 2.05) is 60.7 Å². The van der Waals surface area contributed by atoms with Gasteiger partial charge in [0.2, 0.25) is 0 Å². The molecular formula is C48H30N6S. The molecule has 0 unspecified atom stereocenters. The molecule has 4 aromatic heterocycles. The molecular weight excluding hydrogens is 693 g/mol. The highest BCUT2D eigenvalue weighted by Gasteiger charge is 2.24. The van der Waals surface area contributed by atoms with Crippen LogP contribution < -0.4 is 0 Å². The Morgan fingerprint density at radius 2 is 1.00 bits per heavy atom. The van der Waals surface area contributed by atoms with E-state index >= 15 is 0 Å². The Morgan fingerprint density at radius 1 is 0.418 bits per heavy atom. The lowest BCUT2D eigenvalue weighted by molar-refractivity contribution is 1.07. The van der Waals surface area contributed by atoms with Crippen molar-refractivity contribution in [1.82, 2.24) is 28.9 Å². The predicted octanol–water partition coefficient (Wildman–Crippen LogP) is 12.2. The van der Waals surface area contributed by atoms with Crippen molar-refractivity contribution in [3.8, 4) is 62.4 Å². The molecule has 55 heavy (non-hydrogen) atoms. The summed E-state index contributed by atoms with van der Waals surface area (Å²) >= 11 is 1.68. The summed E-state index contributed by atoms with van der Waals surface area (Å²) in [6.45, 7) is 0. The van der Waals surface area contributed by atoms with E-state index in [1.54, 1.807) is 11.3 Å². The second kappa shape index (κ2) is 12.7. The van der Waals surface area contributed by atoms with Crippen LogP contribution in [0.1, 0.15) is 0 Å². The van der Waals surface area contributed by atoms with Crippen molar-refractivity contribution in [1.29, 1.82) is 0 Å². The molecule has 6 nitrogen and oxygen atoms in total. The van der Waals surface area contributed by atoms with Crippen LogP contribution in [-0.4, -0.2) is 28.9 Å². The fourth-order valence-corrected chi connectivity index (χ4v) is 8.81. The largest absolute Gasteiger partial charge is 0.309 e. The molecule has 7 heteroatoms. The van der Waals surface area contributed by atoms with Gasteiger partial charge in [-0.25, -0.2) is 19.9 Å². The number of fused-ring (bicyclic) bond motifs is 6. The quantitative estimate of drug-likeness (QED) is 0.171. The number of aromatic nitrogens is 6. The predicted molar refractivity (Wildman–Crippen MR) is 225 cm³/mol. The van der Waals surface area contributed by atoms with Gasteiger partial charge in [0.05, 0.1) is 32.6 Å². The lowest BCUT2D eigenvalue weighted by Gasteiger charge is -2.11. The topological polar surface area (TPSA) is 60.9 Å². The fourth-order valence-electron chi connectivity index (χ4n) is 7.76. The van der Waals surface area contributed by atoms with Crippen LogP contribution in [0.15, 0.2) is 182 Å². The van der Waals surface area contributed by atoms with Crippen molar-refractivity contribution in [3.05, 3.63) is 182 Å². The average Bonchev–Trinajstić information content (AvgIpc) is 3.93. The van der Waals surface area contributed by atoms with Gasteiger partial charge >= 0.3 is 0 Å². The Hall–Kier alpha value is -7.22. The van der Waals surface area contributed by atoms with Gasteiger partial charge in [0, 0.05) is 44.3 Å². The van der Waals surface area contributed by atoms with Crippen LogP contribution in [0.25, 0.3) is 99.3 Å². The van der Waals surface area contributed by atoms with Crippen molar-refractivity contribution in [2.24, 2.45) is 0 Å². The number of para-hydroxylation sites is 3. The van der Waals surface area contributed by atoms with E-state index in [2.05, 4.69) is 130 Å². The fraction of sp³-hybridized carbons (Fsp3) is 0. The highest BCUT2D eigenvalue weighted by Crippen LogP contribution is 2.43. The summed E-state index contributed by atoms with van der Waals surface area (Å²) in [5, 5.41) is 2.39. The molecule has 0 aliphatic carbocycles. The number of hydrogen-bond donors (Lipinski definition) is 0. The SMILES string of the molecule is c1ccc(-c2nc(-c3ccccc3)nc(-c3cccc4sc5nc(-c6ccccc6)c(-c6ccc7c(c6)c6ccccc6n7-c6ccccc6)n5c34)n2)cc1. The molecule has 11 aromatic rings. The van der Waals surface area contributed by atoms with Crippen molar-refractivity contribution in [2.45, 2.75) is 0 Å². The zero-order chi connectivity index (χ0) is 36.3. The number of hydrogen-bond acceptors (Lipinski definition) is 5. The van der Waals surface area contributed by atoms with Gasteiger partial charge in [0.1, 0.15) is 0 Å². The molecule has 7 aromatic carbocycles. The van der Waals surface area contributed by atoms with Crippen LogP contribution in [0.5, 0.6) is 0 Å². The monoisotopic (exact) mass is 722 g/mol. The van der Waals surface area contributed by atoms with E-state index in [0.29, 0.717) is 17.5 Å². The van der Waals surface area contributed by atoms with Gasteiger partial charge in [-0.05, 0) is 42.5 Å². The summed E-state index contributed by atoms with van der Waals surface area (Å²) in [5.74, 6) is 1.87. The summed E-state index contributed by atoms with van der Waals surface area (Å²) in [6, 6.07) is 63.2. The zero-order valence-electron chi connectivity index (χ0n) is 29.4. The van der Waals surface area contributed by atoms with E-state index in [1.165, 1.54) is 16.3 Å². The van der Waals surface area contributed by atoms with E-state index in [9.17, 15) is 0 Å². The Bertz CT molecular complexity index is 3130. The first-order valence-corrected chi connectivity index (χ1v) is 19.1. The van der Waals surface area contributed by atoms with Crippen molar-refractivity contribution in [2.75, 3.05) is 0 Å². The third-order valence-electron chi connectivity index (χ3n) is 10.2. The van der Waals surface area contributed by atoms with Gasteiger partial charge in [0.15, 0.2) is 22.4 Å². The molecule has 0 amide bonds. The highest BCUT2D eigenvalue weighted by atomic mass is 32.1. The minimum absolute atomic E-state index is 0.611. The van der Waals surface area contributed by atoms with Crippen LogP contribution in [0.4, 0.5) is 0 Å². The lowest BCUT2D eigenvalue weighted by Crippen LogP contribution is -2.01. The average molecular weight is 723 g/mol. The number of benzene rings is 7. The Kier molecular flexibility index (Phi) is 7.25. The van der Waals surface area contributed by atoms with Crippen LogP contribution in [0, 0.1) is 0 Å². The van der Waals surface area contributed by atoms with Gasteiger partial charge in [-0.15, -0.1) is 0 Å². The second-order valence-corrected chi connectivity index (χ2v) is 14.5. The van der Waals surface area contributed by atoms with Gasteiger partial charge in [0.25, 0.3) is 0 Å². The molecule has 4 heterocycles. The molecule has 0 bridgehead atoms. The van der Waals surface area contributed by atoms with Crippen molar-refractivity contribution < 1.29 is 0 Å². The first kappa shape index (κ1) is 31.3. The van der Waals surface area contributed by atoms with E-state index in [-0.39, 0.29) is 0 Å². The summed E-state index contributed by atoms with van der Waals surface area (Å²) in [4.78, 5) is 21.6. The molecule has 0 saturated carbocycles. The molecule has 0 fully saturated rings. The van der Waals surface area contributed by atoms with Crippen LogP contribution in [0.2, 0.25) is 0 Å². The Morgan fingerprint density at radius 3 is 1.69 bits per heavy atom. The second-order valence-electron chi connectivity index (χ2n) is 13.5. The lowest BCUT2D eigenvalue weighted by atomic mass is 10.0. The number of nitrogens with zero attached hydrogens (tertiary/aromatic N) is 6. The van der Waals surface area contributed by atoms with E-state index in [0.717, 1.165) is 65.6 Å². The summed E-state index contributed by atoms with van der Waals surface area (Å²) in [7, 11) is 0. The van der Waals surface area contributed by atoms with Gasteiger partial charge < -0.3 is 4.57 Å². The highest BCUT2D eigenvalue weighted by molar-refractivity contribution is 7.23. The van der Waals surface area contributed by atoms with Gasteiger partial charge in [-0.3, -0.25) is 4.40 Å². The smallest absolute Gasteiger partial charge is 0.195 e. The maximum Gasteiger partial charge on any atom is 0.195 e. The molecule has 258 valence electrons. The standard InChI is InChI=1S/C48H30N6S/c1-5-16-31(17-6-1)42-43(34-28-29-40-38(30-34)36-24-13-14-26-39(36)53(40)35-22-11-4-12-23-35)54-44-37(25-15-27-41(44)55-48(54)49-42)47-51-45(32-18-7-2-8-19-32)50-46(52-47)33-20-9-3-10-21-33/h1-30H. The van der Waals surface area contributed by atoms with Crippen molar-refractivity contribution in [3.63, 3.8) is 0 Å². The minimum Gasteiger partial charge on any atom is -0.309 e. The van der Waals surface area contributed by atoms with Gasteiger partial charge in [-0.1, -0.05) is 151 Å². The maximum atomic E-state index is 5.38. The van der Waals surface area contributed by atoms with E-state index < -0.39 is 0 Å². The minimum atomic E-state index is 0.611.